The van der Waals surface area contributed by atoms with Crippen molar-refractivity contribution in [2.45, 2.75) is 70.9 Å². The number of rotatable bonds is 6. The number of nitrogens with one attached hydrogen (secondary N) is 1. The third-order valence-electron chi connectivity index (χ3n) is 6.30. The molecule has 7 heteroatoms. The summed E-state index contributed by atoms with van der Waals surface area (Å²) in [5, 5.41) is 3.49. The van der Waals surface area contributed by atoms with Crippen LogP contribution in [-0.2, 0) is 9.84 Å². The van der Waals surface area contributed by atoms with E-state index < -0.39 is 9.84 Å². The van der Waals surface area contributed by atoms with E-state index in [0.717, 1.165) is 41.3 Å². The molecule has 0 bridgehead atoms. The molecular weight excluding hydrogens is 434 g/mol. The predicted molar refractivity (Wildman–Crippen MR) is 134 cm³/mol. The maximum Gasteiger partial charge on any atom is 0.208 e. The van der Waals surface area contributed by atoms with Crippen molar-refractivity contribution in [2.24, 2.45) is 11.3 Å². The van der Waals surface area contributed by atoms with Gasteiger partial charge in [0, 0.05) is 18.0 Å². The van der Waals surface area contributed by atoms with Crippen molar-refractivity contribution < 1.29 is 13.2 Å². The number of nitrogens with zero attached hydrogens (tertiary/aromatic N) is 2. The van der Waals surface area contributed by atoms with Gasteiger partial charge in [-0.3, -0.25) is 0 Å². The van der Waals surface area contributed by atoms with Crippen LogP contribution >= 0.6 is 0 Å². The van der Waals surface area contributed by atoms with Crippen molar-refractivity contribution in [3.8, 4) is 5.75 Å². The van der Waals surface area contributed by atoms with Gasteiger partial charge in [0.25, 0.3) is 0 Å². The molecular formula is C26H35N3O3S. The number of aromatic nitrogens is 2. The first-order valence-corrected chi connectivity index (χ1v) is 13.6. The van der Waals surface area contributed by atoms with Crippen molar-refractivity contribution in [2.75, 3.05) is 11.6 Å². The fraction of sp³-hybridized carbons (Fsp3) is 0.500. The second-order valence-electron chi connectivity index (χ2n) is 10.6. The summed E-state index contributed by atoms with van der Waals surface area (Å²) in [5.74, 6) is 2.14. The molecule has 2 unspecified atom stereocenters. The fourth-order valence-electron chi connectivity index (χ4n) is 5.27. The van der Waals surface area contributed by atoms with Crippen LogP contribution in [0.5, 0.6) is 5.75 Å². The highest BCUT2D eigenvalue weighted by atomic mass is 32.2. The summed E-state index contributed by atoms with van der Waals surface area (Å²) in [4.78, 5) is 5.20. The molecule has 1 saturated carbocycles. The number of ether oxygens (including phenoxy) is 1. The van der Waals surface area contributed by atoms with E-state index in [2.05, 4.69) is 30.7 Å². The van der Waals surface area contributed by atoms with Gasteiger partial charge in [0.2, 0.25) is 5.95 Å². The van der Waals surface area contributed by atoms with Crippen LogP contribution in [0.2, 0.25) is 0 Å². The third kappa shape index (κ3) is 5.35. The van der Waals surface area contributed by atoms with E-state index in [4.69, 9.17) is 9.72 Å². The minimum atomic E-state index is -3.32. The van der Waals surface area contributed by atoms with Crippen molar-refractivity contribution in [3.05, 3.63) is 42.5 Å². The Kier molecular flexibility index (Phi) is 6.20. The molecule has 0 radical (unpaired) electrons. The highest BCUT2D eigenvalue weighted by Crippen LogP contribution is 2.46. The SMILES string of the molecule is CC1CC(n2c(Nc3ccc(OC(C)C)cc3)nc3ccc(S(C)(=O)=O)cc32)CC(C)(C)C1. The lowest BCUT2D eigenvalue weighted by Gasteiger charge is -2.40. The highest BCUT2D eigenvalue weighted by Gasteiger charge is 2.34. The molecule has 1 heterocycles. The molecule has 1 N–H and O–H groups in total. The minimum absolute atomic E-state index is 0.119. The molecule has 178 valence electrons. The minimum Gasteiger partial charge on any atom is -0.491 e. The van der Waals surface area contributed by atoms with Gasteiger partial charge in [-0.05, 0) is 86.9 Å². The van der Waals surface area contributed by atoms with Gasteiger partial charge in [0.05, 0.1) is 22.0 Å². The van der Waals surface area contributed by atoms with Crippen molar-refractivity contribution in [3.63, 3.8) is 0 Å². The first kappa shape index (κ1) is 23.6. The summed E-state index contributed by atoms with van der Waals surface area (Å²) >= 11 is 0. The molecule has 2 atom stereocenters. The predicted octanol–water partition coefficient (Wildman–Crippen LogP) is 6.36. The van der Waals surface area contributed by atoms with Gasteiger partial charge >= 0.3 is 0 Å². The molecule has 6 nitrogen and oxygen atoms in total. The van der Waals surface area contributed by atoms with Gasteiger partial charge in [-0.1, -0.05) is 20.8 Å². The number of benzene rings is 2. The number of imidazole rings is 1. The topological polar surface area (TPSA) is 73.2 Å². The second-order valence-corrected chi connectivity index (χ2v) is 12.6. The van der Waals surface area contributed by atoms with Gasteiger partial charge in [-0.25, -0.2) is 13.4 Å². The quantitative estimate of drug-likeness (QED) is 0.455. The van der Waals surface area contributed by atoms with Crippen LogP contribution in [0.3, 0.4) is 0 Å². The fourth-order valence-corrected chi connectivity index (χ4v) is 5.91. The van der Waals surface area contributed by atoms with E-state index in [9.17, 15) is 8.42 Å². The van der Waals surface area contributed by atoms with E-state index in [1.165, 1.54) is 12.7 Å². The van der Waals surface area contributed by atoms with Gasteiger partial charge in [-0.2, -0.15) is 0 Å². The Balaban J connectivity index is 1.79. The van der Waals surface area contributed by atoms with Crippen LogP contribution in [-0.4, -0.2) is 30.3 Å². The smallest absolute Gasteiger partial charge is 0.208 e. The van der Waals surface area contributed by atoms with Gasteiger partial charge in [0.15, 0.2) is 9.84 Å². The van der Waals surface area contributed by atoms with Gasteiger partial charge < -0.3 is 14.6 Å². The zero-order valence-electron chi connectivity index (χ0n) is 20.4. The standard InChI is InChI=1S/C26H35N3O3S/c1-17(2)32-21-9-7-19(8-10-21)27-25-28-23-12-11-22(33(6,30)31)14-24(23)29(25)20-13-18(3)15-26(4,5)16-20/h7-12,14,17-18,20H,13,15-16H2,1-6H3,(H,27,28). The monoisotopic (exact) mass is 469 g/mol. The van der Waals surface area contributed by atoms with Gasteiger partial charge in [-0.15, -0.1) is 0 Å². The third-order valence-corrected chi connectivity index (χ3v) is 7.41. The molecule has 0 amide bonds. The second kappa shape index (κ2) is 8.67. The van der Waals surface area contributed by atoms with Crippen LogP contribution < -0.4 is 10.1 Å². The van der Waals surface area contributed by atoms with E-state index in [0.29, 0.717) is 10.8 Å². The Bertz CT molecular complexity index is 1240. The van der Waals surface area contributed by atoms with Crippen LogP contribution in [0.15, 0.2) is 47.4 Å². The van der Waals surface area contributed by atoms with Crippen LogP contribution in [0.25, 0.3) is 11.0 Å². The van der Waals surface area contributed by atoms with E-state index in [-0.39, 0.29) is 17.6 Å². The number of hydrogen-bond acceptors (Lipinski definition) is 5. The zero-order valence-corrected chi connectivity index (χ0v) is 21.2. The average molecular weight is 470 g/mol. The summed E-state index contributed by atoms with van der Waals surface area (Å²) in [5.41, 5.74) is 2.77. The molecule has 2 aromatic carbocycles. The Hall–Kier alpha value is -2.54. The van der Waals surface area contributed by atoms with Crippen molar-refractivity contribution in [1.29, 1.82) is 0 Å². The van der Waals surface area contributed by atoms with Crippen LogP contribution in [0, 0.1) is 11.3 Å². The average Bonchev–Trinajstić information content (AvgIpc) is 3.04. The molecule has 1 aromatic heterocycles. The lowest BCUT2D eigenvalue weighted by Crippen LogP contribution is -2.29. The molecule has 1 aliphatic carbocycles. The van der Waals surface area contributed by atoms with Crippen LogP contribution in [0.1, 0.15) is 59.9 Å². The lowest BCUT2D eigenvalue weighted by molar-refractivity contribution is 0.140. The normalized spacial score (nSPS) is 20.8. The number of fused-ring (bicyclic) bond motifs is 1. The Labute approximate surface area is 197 Å². The van der Waals surface area contributed by atoms with E-state index in [1.54, 1.807) is 12.1 Å². The van der Waals surface area contributed by atoms with Crippen molar-refractivity contribution in [1.82, 2.24) is 9.55 Å². The molecule has 0 saturated heterocycles. The Morgan fingerprint density at radius 3 is 2.42 bits per heavy atom. The highest BCUT2D eigenvalue weighted by molar-refractivity contribution is 7.90. The summed E-state index contributed by atoms with van der Waals surface area (Å²) < 4.78 is 32.5. The summed E-state index contributed by atoms with van der Waals surface area (Å²) in [6, 6.07) is 13.3. The van der Waals surface area contributed by atoms with Gasteiger partial charge in [0.1, 0.15) is 5.75 Å². The molecule has 4 rings (SSSR count). The molecule has 0 aliphatic heterocycles. The molecule has 0 spiro atoms. The summed E-state index contributed by atoms with van der Waals surface area (Å²) in [7, 11) is -3.32. The maximum absolute atomic E-state index is 12.3. The molecule has 33 heavy (non-hydrogen) atoms. The Morgan fingerprint density at radius 1 is 1.12 bits per heavy atom. The molecule has 1 aliphatic rings. The molecule has 1 fully saturated rings. The summed E-state index contributed by atoms with van der Waals surface area (Å²) in [6.45, 7) is 10.9. The van der Waals surface area contributed by atoms with Crippen molar-refractivity contribution >= 4 is 32.5 Å². The van der Waals surface area contributed by atoms with E-state index in [1.807, 2.05) is 44.2 Å². The zero-order chi connectivity index (χ0) is 24.0. The first-order valence-electron chi connectivity index (χ1n) is 11.7. The first-order chi connectivity index (χ1) is 15.4. The largest absolute Gasteiger partial charge is 0.491 e. The van der Waals surface area contributed by atoms with E-state index >= 15 is 0 Å². The maximum atomic E-state index is 12.3. The molecule has 3 aromatic rings. The number of anilines is 2. The summed E-state index contributed by atoms with van der Waals surface area (Å²) in [6.07, 6.45) is 4.61. The van der Waals surface area contributed by atoms with Crippen LogP contribution in [0.4, 0.5) is 11.6 Å². The lowest BCUT2D eigenvalue weighted by atomic mass is 9.70. The number of sulfone groups is 1. The Morgan fingerprint density at radius 2 is 1.82 bits per heavy atom. The number of hydrogen-bond donors (Lipinski definition) is 1.